The number of ketones is 3. The molecule has 0 saturated heterocycles. The lowest BCUT2D eigenvalue weighted by Gasteiger charge is -2.58. The normalized spacial score (nSPS) is 36.8. The molecule has 9 nitrogen and oxygen atoms in total. The molecule has 13 heteroatoms. The largest absolute Gasteiger partial charge is 0.861 e. The molecule has 0 aromatic carbocycles. The van der Waals surface area contributed by atoms with Gasteiger partial charge in [-0.15, -0.1) is 0 Å². The van der Waals surface area contributed by atoms with Crippen molar-refractivity contribution in [3.63, 3.8) is 0 Å². The highest BCUT2D eigenvalue weighted by molar-refractivity contribution is 7.91. The van der Waals surface area contributed by atoms with Crippen LogP contribution in [-0.4, -0.2) is 49.7 Å². The third kappa shape index (κ3) is 5.71. The van der Waals surface area contributed by atoms with Gasteiger partial charge in [0, 0.05) is 49.9 Å². The van der Waals surface area contributed by atoms with E-state index in [-0.39, 0.29) is 64.7 Å². The predicted molar refractivity (Wildman–Crippen MR) is 137 cm³/mol. The van der Waals surface area contributed by atoms with E-state index >= 15 is 0 Å². The summed E-state index contributed by atoms with van der Waals surface area (Å²) in [5, 5.41) is 11.5. The highest BCUT2D eigenvalue weighted by Gasteiger charge is 2.66. The number of Topliss-reactive ketones (excluding diaryl/α,β-unsaturated/α-hetero) is 3. The van der Waals surface area contributed by atoms with Gasteiger partial charge in [0.1, 0.15) is 17.3 Å². The summed E-state index contributed by atoms with van der Waals surface area (Å²) in [5.74, 6) is -2.25. The van der Waals surface area contributed by atoms with Gasteiger partial charge >= 0.3 is 21.5 Å². The maximum atomic E-state index is 13.8. The number of hydrogen-bond acceptors (Lipinski definition) is 8. The summed E-state index contributed by atoms with van der Waals surface area (Å²) in [6.45, 7) is 5.45. The Morgan fingerprint density at radius 2 is 1.78 bits per heavy atom. The van der Waals surface area contributed by atoms with E-state index in [2.05, 4.69) is 11.3 Å². The molecule has 4 aliphatic rings. The minimum Gasteiger partial charge on any atom is -0.861 e. The Labute approximate surface area is 237 Å². The molecule has 4 aliphatic carbocycles. The van der Waals surface area contributed by atoms with Gasteiger partial charge in [-0.25, -0.2) is 0 Å². The van der Waals surface area contributed by atoms with E-state index in [4.69, 9.17) is 4.74 Å². The van der Waals surface area contributed by atoms with E-state index in [9.17, 15) is 45.9 Å². The Kier molecular flexibility index (Phi) is 8.54. The molecule has 0 aromatic rings. The van der Waals surface area contributed by atoms with E-state index in [1.807, 2.05) is 13.8 Å². The van der Waals surface area contributed by atoms with Gasteiger partial charge in [-0.3, -0.25) is 19.2 Å². The molecule has 41 heavy (non-hydrogen) atoms. The van der Waals surface area contributed by atoms with Crippen molar-refractivity contribution in [2.75, 3.05) is 6.61 Å². The number of carbonyl (C=O) groups is 4. The third-order valence-electron chi connectivity index (χ3n) is 10.8. The number of ether oxygens (including phenoxy) is 1. The van der Waals surface area contributed by atoms with Crippen LogP contribution < -0.4 is 5.11 Å². The van der Waals surface area contributed by atoms with Gasteiger partial charge in [-0.1, -0.05) is 20.8 Å². The lowest BCUT2D eigenvalue weighted by molar-refractivity contribution is -0.219. The second kappa shape index (κ2) is 11.1. The Balaban J connectivity index is 1.35. The van der Waals surface area contributed by atoms with Crippen LogP contribution >= 0.6 is 0 Å². The fourth-order valence-corrected chi connectivity index (χ4v) is 8.96. The van der Waals surface area contributed by atoms with Gasteiger partial charge in [-0.2, -0.15) is 26.0 Å². The smallest absolute Gasteiger partial charge is 0.518 e. The van der Waals surface area contributed by atoms with Crippen LogP contribution in [0.2, 0.25) is 0 Å². The average Bonchev–Trinajstić information content (AvgIpc) is 3.21. The fraction of sp³-hybridized carbons (Fsp3) is 0.821. The molecular weight excluding hydrogens is 567 g/mol. The average molecular weight is 605 g/mol. The SMILES string of the molecule is C[C@H](CCC(=O)OCCC([O-])=NS(=O)(=O)C(F)(F)F)[C@H]1CC[C@H]2[C@@H]3C(=O)C[C@@H]4CC(=O)CC[C@]4(C)[C@H]3CC(=O)[C@]12C. The van der Waals surface area contributed by atoms with Crippen LogP contribution in [0.3, 0.4) is 0 Å². The zero-order valence-corrected chi connectivity index (χ0v) is 24.3. The molecule has 4 saturated carbocycles. The second-order valence-corrected chi connectivity index (χ2v) is 14.4. The van der Waals surface area contributed by atoms with Crippen molar-refractivity contribution >= 4 is 39.2 Å². The first kappa shape index (κ1) is 31.6. The summed E-state index contributed by atoms with van der Waals surface area (Å²) in [5.41, 5.74) is -6.60. The van der Waals surface area contributed by atoms with Crippen molar-refractivity contribution in [3.05, 3.63) is 0 Å². The molecule has 0 heterocycles. The van der Waals surface area contributed by atoms with Gasteiger partial charge in [-0.05, 0) is 66.6 Å². The summed E-state index contributed by atoms with van der Waals surface area (Å²) in [4.78, 5) is 51.7. The van der Waals surface area contributed by atoms with Gasteiger partial charge in [0.25, 0.3) is 0 Å². The molecule has 230 valence electrons. The Morgan fingerprint density at radius 1 is 1.10 bits per heavy atom. The molecule has 0 aliphatic heterocycles. The van der Waals surface area contributed by atoms with Crippen molar-refractivity contribution in [3.8, 4) is 0 Å². The number of carbonyl (C=O) groups excluding carboxylic acids is 4. The molecule has 0 aromatic heterocycles. The number of esters is 1. The van der Waals surface area contributed by atoms with Crippen molar-refractivity contribution in [1.82, 2.24) is 0 Å². The predicted octanol–water partition coefficient (Wildman–Crippen LogP) is 3.53. The molecule has 8 atom stereocenters. The fourth-order valence-electron chi connectivity index (χ4n) is 8.49. The minimum atomic E-state index is -5.95. The Bertz CT molecular complexity index is 1250. The molecule has 4 rings (SSSR count). The summed E-state index contributed by atoms with van der Waals surface area (Å²) in [7, 11) is -5.95. The lowest BCUT2D eigenvalue weighted by atomic mass is 9.44. The first-order valence-electron chi connectivity index (χ1n) is 14.2. The molecule has 0 N–H and O–H groups in total. The Hall–Kier alpha value is -2.31. The number of nitrogens with zero attached hydrogens (tertiary/aromatic N) is 1. The van der Waals surface area contributed by atoms with Crippen molar-refractivity contribution in [2.24, 2.45) is 50.7 Å². The standard InChI is InChI=1S/C28H38F3NO8S/c1-15(4-7-24(37)40-11-9-23(36)32-41(38,39)28(29,30)31)18-5-6-19-25-20(14-22(35)27(18,19)3)26(2)10-8-17(33)12-16(26)13-21(25)34/h15-16,18-20,25H,4-14H2,1-3H3,(H,32,36)/p-1/t15-,16+,18-,19+,20+,25+,26+,27-/m1/s1. The van der Waals surface area contributed by atoms with Crippen LogP contribution in [0.4, 0.5) is 13.2 Å². The number of halogens is 3. The van der Waals surface area contributed by atoms with E-state index in [1.165, 1.54) is 0 Å². The number of alkyl halides is 3. The van der Waals surface area contributed by atoms with Crippen LogP contribution in [0.5, 0.6) is 0 Å². The summed E-state index contributed by atoms with van der Waals surface area (Å²) >= 11 is 0. The quantitative estimate of drug-likeness (QED) is 0.232. The summed E-state index contributed by atoms with van der Waals surface area (Å²) in [6, 6.07) is 0. The molecule has 4 fully saturated rings. The highest BCUT2D eigenvalue weighted by atomic mass is 32.2. The number of rotatable bonds is 8. The zero-order chi connectivity index (χ0) is 30.5. The second-order valence-electron chi connectivity index (χ2n) is 12.8. The van der Waals surface area contributed by atoms with Crippen molar-refractivity contribution < 1.29 is 50.6 Å². The first-order valence-corrected chi connectivity index (χ1v) is 15.7. The number of hydrogen-bond donors (Lipinski definition) is 0. The summed E-state index contributed by atoms with van der Waals surface area (Å²) < 4.78 is 65.9. The molecule has 0 radical (unpaired) electrons. The van der Waals surface area contributed by atoms with Gasteiger partial charge in [0.2, 0.25) is 0 Å². The van der Waals surface area contributed by atoms with E-state index in [0.29, 0.717) is 38.5 Å². The van der Waals surface area contributed by atoms with Crippen molar-refractivity contribution in [2.45, 2.75) is 90.5 Å². The third-order valence-corrected chi connectivity index (χ3v) is 11.8. The minimum absolute atomic E-state index is 0.00482. The van der Waals surface area contributed by atoms with Crippen LogP contribution in [0, 0.1) is 46.3 Å². The molecule has 0 bridgehead atoms. The molecule has 0 unspecified atom stereocenters. The van der Waals surface area contributed by atoms with Crippen LogP contribution in [0.15, 0.2) is 4.40 Å². The van der Waals surface area contributed by atoms with E-state index in [1.54, 1.807) is 0 Å². The van der Waals surface area contributed by atoms with E-state index < -0.39 is 45.8 Å². The number of sulfonamides is 1. The monoisotopic (exact) mass is 604 g/mol. The maximum absolute atomic E-state index is 13.8. The maximum Gasteiger partial charge on any atom is 0.518 e. The highest BCUT2D eigenvalue weighted by Crippen LogP contribution is 2.66. The molecular formula is C28H37F3NO8S-. The van der Waals surface area contributed by atoms with Crippen LogP contribution in [-0.2, 0) is 33.9 Å². The van der Waals surface area contributed by atoms with E-state index in [0.717, 1.165) is 12.8 Å². The van der Waals surface area contributed by atoms with Crippen molar-refractivity contribution in [1.29, 1.82) is 0 Å². The molecule has 0 amide bonds. The van der Waals surface area contributed by atoms with Crippen LogP contribution in [0.25, 0.3) is 0 Å². The van der Waals surface area contributed by atoms with Gasteiger partial charge in [0.15, 0.2) is 0 Å². The topological polar surface area (TPSA) is 147 Å². The number of fused-ring (bicyclic) bond motifs is 5. The first-order chi connectivity index (χ1) is 18.9. The van der Waals surface area contributed by atoms with Gasteiger partial charge in [0.05, 0.1) is 6.61 Å². The lowest BCUT2D eigenvalue weighted by Crippen LogP contribution is -2.60. The Morgan fingerprint density at radius 3 is 2.44 bits per heavy atom. The summed E-state index contributed by atoms with van der Waals surface area (Å²) in [6.07, 6.45) is 3.29. The zero-order valence-electron chi connectivity index (χ0n) is 23.5. The molecule has 0 spiro atoms. The van der Waals surface area contributed by atoms with Crippen LogP contribution in [0.1, 0.15) is 85.0 Å². The van der Waals surface area contributed by atoms with Gasteiger partial charge < -0.3 is 9.84 Å².